The summed E-state index contributed by atoms with van der Waals surface area (Å²) in [5, 5.41) is 3.55. The Morgan fingerprint density at radius 3 is 2.11 bits per heavy atom. The molecule has 0 heterocycles. The van der Waals surface area contributed by atoms with Crippen molar-refractivity contribution >= 4 is 0 Å². The second-order valence-electron chi connectivity index (χ2n) is 7.09. The van der Waals surface area contributed by atoms with Gasteiger partial charge in [0, 0.05) is 6.04 Å². The normalized spacial score (nSPS) is 37.5. The third-order valence-corrected chi connectivity index (χ3v) is 5.47. The Hall–Kier alpha value is -0.0400. The summed E-state index contributed by atoms with van der Waals surface area (Å²) in [4.78, 5) is 0. The van der Waals surface area contributed by atoms with Gasteiger partial charge in [-0.25, -0.2) is 0 Å². The Kier molecular flexibility index (Phi) is 5.54. The second kappa shape index (κ2) is 6.93. The summed E-state index contributed by atoms with van der Waals surface area (Å²) in [6.07, 6.45) is 12.0. The Morgan fingerprint density at radius 1 is 0.944 bits per heavy atom. The average Bonchev–Trinajstić information content (AvgIpc) is 2.35. The molecule has 0 aromatic carbocycles. The highest BCUT2D eigenvalue weighted by Gasteiger charge is 2.35. The second-order valence-corrected chi connectivity index (χ2v) is 7.09. The number of hydrogen-bond acceptors (Lipinski definition) is 1. The van der Waals surface area contributed by atoms with E-state index in [-0.39, 0.29) is 0 Å². The van der Waals surface area contributed by atoms with Crippen LogP contribution in [0.4, 0.5) is 0 Å². The van der Waals surface area contributed by atoms with Crippen LogP contribution in [0.1, 0.15) is 72.1 Å². The number of nitrogens with one attached hydrogen (secondary N) is 1. The molecule has 0 aliphatic heterocycles. The molecule has 2 saturated carbocycles. The summed E-state index contributed by atoms with van der Waals surface area (Å²) in [5.74, 6) is 4.28. The van der Waals surface area contributed by atoms with Crippen LogP contribution < -0.4 is 5.32 Å². The van der Waals surface area contributed by atoms with Crippen molar-refractivity contribution in [2.24, 2.45) is 23.7 Å². The molecule has 2 fully saturated rings. The van der Waals surface area contributed by atoms with Crippen LogP contribution in [-0.2, 0) is 0 Å². The Labute approximate surface area is 114 Å². The van der Waals surface area contributed by atoms with Crippen LogP contribution in [0.2, 0.25) is 0 Å². The molecule has 1 heteroatoms. The monoisotopic (exact) mass is 251 g/mol. The zero-order valence-corrected chi connectivity index (χ0v) is 12.8. The predicted octanol–water partition coefficient (Wildman–Crippen LogP) is 4.62. The van der Waals surface area contributed by atoms with E-state index in [1.807, 2.05) is 0 Å². The molecule has 0 aromatic rings. The third kappa shape index (κ3) is 3.98. The van der Waals surface area contributed by atoms with Crippen LogP contribution in [0.3, 0.4) is 0 Å². The molecular weight excluding hydrogens is 218 g/mol. The quantitative estimate of drug-likeness (QED) is 0.726. The first-order valence-electron chi connectivity index (χ1n) is 8.44. The maximum atomic E-state index is 3.55. The highest BCUT2D eigenvalue weighted by molar-refractivity contribution is 4.86. The maximum Gasteiger partial charge on any atom is 0.00387 e. The Bertz CT molecular complexity index is 224. The molecule has 3 atom stereocenters. The highest BCUT2D eigenvalue weighted by Crippen LogP contribution is 2.46. The van der Waals surface area contributed by atoms with Gasteiger partial charge in [-0.1, -0.05) is 20.3 Å². The van der Waals surface area contributed by atoms with Crippen LogP contribution in [0.5, 0.6) is 0 Å². The van der Waals surface area contributed by atoms with E-state index in [4.69, 9.17) is 0 Å². The molecule has 0 saturated heterocycles. The zero-order valence-electron chi connectivity index (χ0n) is 12.8. The fourth-order valence-corrected chi connectivity index (χ4v) is 4.63. The van der Waals surface area contributed by atoms with E-state index < -0.39 is 0 Å². The van der Waals surface area contributed by atoms with E-state index in [1.165, 1.54) is 19.3 Å². The summed E-state index contributed by atoms with van der Waals surface area (Å²) in [6.45, 7) is 8.07. The van der Waals surface area contributed by atoms with Crippen molar-refractivity contribution < 1.29 is 0 Å². The van der Waals surface area contributed by atoms with Crippen molar-refractivity contribution in [1.29, 1.82) is 0 Å². The zero-order chi connectivity index (χ0) is 13.0. The van der Waals surface area contributed by atoms with Gasteiger partial charge in [-0.15, -0.1) is 0 Å². The van der Waals surface area contributed by atoms with Gasteiger partial charge in [-0.3, -0.25) is 0 Å². The van der Waals surface area contributed by atoms with Gasteiger partial charge < -0.3 is 5.32 Å². The van der Waals surface area contributed by atoms with Crippen LogP contribution in [0.25, 0.3) is 0 Å². The molecule has 0 radical (unpaired) electrons. The molecule has 1 N–H and O–H groups in total. The lowest BCUT2D eigenvalue weighted by Gasteiger charge is -2.42. The Morgan fingerprint density at radius 2 is 1.56 bits per heavy atom. The van der Waals surface area contributed by atoms with Gasteiger partial charge in [-0.05, 0) is 82.1 Å². The number of hydrogen-bond donors (Lipinski definition) is 1. The van der Waals surface area contributed by atoms with E-state index in [9.17, 15) is 0 Å². The van der Waals surface area contributed by atoms with E-state index in [0.717, 1.165) is 36.3 Å². The van der Waals surface area contributed by atoms with Crippen molar-refractivity contribution in [1.82, 2.24) is 5.32 Å². The first-order chi connectivity index (χ1) is 8.71. The lowest BCUT2D eigenvalue weighted by molar-refractivity contribution is 0.0898. The lowest BCUT2D eigenvalue weighted by Crippen LogP contribution is -2.32. The lowest BCUT2D eigenvalue weighted by atomic mass is 9.63. The summed E-state index contributed by atoms with van der Waals surface area (Å²) in [6, 6.07) is 0.722. The minimum absolute atomic E-state index is 0.722. The molecule has 0 amide bonds. The fourth-order valence-electron chi connectivity index (χ4n) is 4.63. The molecule has 0 aromatic heterocycles. The molecule has 2 aliphatic rings. The minimum Gasteiger partial charge on any atom is -0.315 e. The standard InChI is InChI=1S/C17H33N/c1-4-14-8-16-10-15(11-17(9-14)12-16)7-6-13(3)18-5-2/h13-18H,4-12H2,1-3H3. The molecule has 2 bridgehead atoms. The van der Waals surface area contributed by atoms with Crippen LogP contribution in [0.15, 0.2) is 0 Å². The van der Waals surface area contributed by atoms with Crippen molar-refractivity contribution in [2.45, 2.75) is 78.2 Å². The van der Waals surface area contributed by atoms with Crippen LogP contribution in [0, 0.1) is 23.7 Å². The van der Waals surface area contributed by atoms with Crippen LogP contribution >= 0.6 is 0 Å². The highest BCUT2D eigenvalue weighted by atomic mass is 14.9. The summed E-state index contributed by atoms with van der Waals surface area (Å²) >= 11 is 0. The summed E-state index contributed by atoms with van der Waals surface area (Å²) in [5.41, 5.74) is 0. The predicted molar refractivity (Wildman–Crippen MR) is 79.7 cm³/mol. The number of rotatable bonds is 6. The molecule has 18 heavy (non-hydrogen) atoms. The van der Waals surface area contributed by atoms with Crippen molar-refractivity contribution in [3.8, 4) is 0 Å². The van der Waals surface area contributed by atoms with Crippen molar-refractivity contribution in [3.63, 3.8) is 0 Å². The molecule has 106 valence electrons. The maximum absolute atomic E-state index is 3.55. The number of fused-ring (bicyclic) bond motifs is 2. The molecule has 1 nitrogen and oxygen atoms in total. The van der Waals surface area contributed by atoms with Gasteiger partial charge >= 0.3 is 0 Å². The summed E-state index contributed by atoms with van der Waals surface area (Å²) < 4.78 is 0. The largest absolute Gasteiger partial charge is 0.315 e. The van der Waals surface area contributed by atoms with E-state index in [2.05, 4.69) is 26.1 Å². The minimum atomic E-state index is 0.722. The SMILES string of the molecule is CCNC(C)CCC1CC2CC(CC)CC(C1)C2. The molecule has 3 unspecified atom stereocenters. The smallest absolute Gasteiger partial charge is 0.00387 e. The van der Waals surface area contributed by atoms with Crippen molar-refractivity contribution in [3.05, 3.63) is 0 Å². The summed E-state index contributed by atoms with van der Waals surface area (Å²) in [7, 11) is 0. The van der Waals surface area contributed by atoms with Crippen LogP contribution in [-0.4, -0.2) is 12.6 Å². The Balaban J connectivity index is 1.73. The van der Waals surface area contributed by atoms with Crippen molar-refractivity contribution in [2.75, 3.05) is 6.54 Å². The molecular formula is C17H33N. The molecule has 2 aliphatic carbocycles. The van der Waals surface area contributed by atoms with Gasteiger partial charge in [0.25, 0.3) is 0 Å². The average molecular weight is 251 g/mol. The first kappa shape index (κ1) is 14.4. The van der Waals surface area contributed by atoms with E-state index in [0.29, 0.717) is 0 Å². The topological polar surface area (TPSA) is 12.0 Å². The van der Waals surface area contributed by atoms with Gasteiger partial charge in [0.2, 0.25) is 0 Å². The molecule has 0 spiro atoms. The van der Waals surface area contributed by atoms with Gasteiger partial charge in [0.05, 0.1) is 0 Å². The van der Waals surface area contributed by atoms with Gasteiger partial charge in [0.15, 0.2) is 0 Å². The third-order valence-electron chi connectivity index (χ3n) is 5.47. The fraction of sp³-hybridized carbons (Fsp3) is 1.00. The van der Waals surface area contributed by atoms with E-state index >= 15 is 0 Å². The first-order valence-corrected chi connectivity index (χ1v) is 8.44. The van der Waals surface area contributed by atoms with Gasteiger partial charge in [0.1, 0.15) is 0 Å². The van der Waals surface area contributed by atoms with Gasteiger partial charge in [-0.2, -0.15) is 0 Å². The molecule has 2 rings (SSSR count). The van der Waals surface area contributed by atoms with E-state index in [1.54, 1.807) is 32.1 Å².